The van der Waals surface area contributed by atoms with E-state index >= 15 is 0 Å². The number of amides is 1. The van der Waals surface area contributed by atoms with Gasteiger partial charge in [0, 0.05) is 13.1 Å². The smallest absolute Gasteiger partial charge is 0.338 e. The first-order valence-electron chi connectivity index (χ1n) is 11.0. The van der Waals surface area contributed by atoms with E-state index in [1.54, 1.807) is 36.9 Å². The molecule has 0 bridgehead atoms. The minimum absolute atomic E-state index is 0.0671. The highest BCUT2D eigenvalue weighted by Crippen LogP contribution is 2.42. The third-order valence-electron chi connectivity index (χ3n) is 5.51. The highest BCUT2D eigenvalue weighted by atomic mass is 16.5. The summed E-state index contributed by atoms with van der Waals surface area (Å²) in [6.45, 7) is 7.05. The first kappa shape index (κ1) is 24.0. The van der Waals surface area contributed by atoms with E-state index in [1.165, 1.54) is 0 Å². The molecule has 2 aliphatic heterocycles. The van der Waals surface area contributed by atoms with Crippen molar-refractivity contribution >= 4 is 11.9 Å². The fourth-order valence-corrected chi connectivity index (χ4v) is 3.98. The molecule has 1 fully saturated rings. The van der Waals surface area contributed by atoms with Gasteiger partial charge >= 0.3 is 5.97 Å². The molecule has 0 aromatic heterocycles. The van der Waals surface area contributed by atoms with Crippen LogP contribution in [0.2, 0.25) is 0 Å². The second kappa shape index (κ2) is 10.8. The van der Waals surface area contributed by atoms with E-state index in [-0.39, 0.29) is 41.9 Å². The van der Waals surface area contributed by atoms with Crippen molar-refractivity contribution in [2.24, 2.45) is 5.73 Å². The zero-order valence-corrected chi connectivity index (χ0v) is 19.2. The number of carbonyl (C=O) groups excluding carboxylic acids is 2. The Labute approximate surface area is 193 Å². The molecular weight excluding hydrogens is 426 g/mol. The number of carbonyl (C=O) groups is 2. The molecule has 3 rings (SSSR count). The highest BCUT2D eigenvalue weighted by Gasteiger charge is 2.36. The molecule has 33 heavy (non-hydrogen) atoms. The summed E-state index contributed by atoms with van der Waals surface area (Å²) in [6, 6.07) is 7.12. The summed E-state index contributed by atoms with van der Waals surface area (Å²) in [6.07, 6.45) is 2.01. The van der Waals surface area contributed by atoms with Gasteiger partial charge in [-0.05, 0) is 51.3 Å². The van der Waals surface area contributed by atoms with Crippen LogP contribution < -0.4 is 15.2 Å². The van der Waals surface area contributed by atoms with Gasteiger partial charge in [0.2, 0.25) is 5.88 Å². The SMILES string of the molecule is CCOC(=O)C1=C(C)OC(N)=C(C#N)C1c1ccc(OCC(=O)N2CCCC2)c(OCC)c1. The monoisotopic (exact) mass is 455 g/mol. The first-order chi connectivity index (χ1) is 15.9. The van der Waals surface area contributed by atoms with E-state index in [2.05, 4.69) is 6.07 Å². The summed E-state index contributed by atoms with van der Waals surface area (Å²) in [5.74, 6) is -0.459. The van der Waals surface area contributed by atoms with E-state index in [9.17, 15) is 14.9 Å². The molecule has 0 saturated carbocycles. The Balaban J connectivity index is 1.94. The number of rotatable bonds is 8. The van der Waals surface area contributed by atoms with Gasteiger partial charge in [-0.2, -0.15) is 5.26 Å². The molecule has 1 saturated heterocycles. The minimum Gasteiger partial charge on any atom is -0.490 e. The van der Waals surface area contributed by atoms with Crippen molar-refractivity contribution in [2.75, 3.05) is 32.9 Å². The molecule has 176 valence electrons. The van der Waals surface area contributed by atoms with Gasteiger partial charge in [0.15, 0.2) is 18.1 Å². The van der Waals surface area contributed by atoms with Crippen LogP contribution in [0, 0.1) is 11.3 Å². The van der Waals surface area contributed by atoms with Crippen molar-refractivity contribution in [1.82, 2.24) is 4.90 Å². The lowest BCUT2D eigenvalue weighted by Crippen LogP contribution is -2.32. The molecule has 0 aliphatic carbocycles. The fraction of sp³-hybridized carbons (Fsp3) is 0.458. The zero-order chi connectivity index (χ0) is 24.0. The quantitative estimate of drug-likeness (QED) is 0.594. The maximum Gasteiger partial charge on any atom is 0.338 e. The lowest BCUT2D eigenvalue weighted by Gasteiger charge is -2.27. The molecule has 2 N–H and O–H groups in total. The molecule has 9 heteroatoms. The van der Waals surface area contributed by atoms with E-state index in [0.29, 0.717) is 23.7 Å². The van der Waals surface area contributed by atoms with Crippen LogP contribution in [0.4, 0.5) is 0 Å². The molecule has 0 radical (unpaired) electrons. The molecule has 1 aromatic carbocycles. The van der Waals surface area contributed by atoms with Crippen LogP contribution in [-0.2, 0) is 19.1 Å². The average Bonchev–Trinajstić information content (AvgIpc) is 3.33. The Bertz CT molecular complexity index is 1020. The van der Waals surface area contributed by atoms with Crippen molar-refractivity contribution in [3.8, 4) is 17.6 Å². The maximum absolute atomic E-state index is 12.7. The standard InChI is InChI=1S/C24H29N3O6/c1-4-30-19-12-16(8-9-18(19)32-14-20(28)27-10-6-7-11-27)22-17(13-25)23(26)33-15(3)21(22)24(29)31-5-2/h8-9,12,22H,4-7,10-11,14,26H2,1-3H3. The lowest BCUT2D eigenvalue weighted by molar-refractivity contribution is -0.139. The van der Waals surface area contributed by atoms with Crippen molar-refractivity contribution in [3.63, 3.8) is 0 Å². The third-order valence-corrected chi connectivity index (χ3v) is 5.51. The molecule has 1 atom stereocenters. The predicted molar refractivity (Wildman–Crippen MR) is 119 cm³/mol. The van der Waals surface area contributed by atoms with Gasteiger partial charge in [-0.15, -0.1) is 0 Å². The fourth-order valence-electron chi connectivity index (χ4n) is 3.98. The largest absolute Gasteiger partial charge is 0.490 e. The number of nitriles is 1. The van der Waals surface area contributed by atoms with Crippen LogP contribution in [0.15, 0.2) is 41.0 Å². The number of nitrogens with two attached hydrogens (primary N) is 1. The van der Waals surface area contributed by atoms with Crippen molar-refractivity contribution in [3.05, 3.63) is 46.6 Å². The topological polar surface area (TPSA) is 124 Å². The Morgan fingerprint density at radius 3 is 2.55 bits per heavy atom. The summed E-state index contributed by atoms with van der Waals surface area (Å²) in [5.41, 5.74) is 6.85. The number of allylic oxidation sites excluding steroid dienone is 2. The summed E-state index contributed by atoms with van der Waals surface area (Å²) < 4.78 is 22.2. The summed E-state index contributed by atoms with van der Waals surface area (Å²) in [4.78, 5) is 26.9. The average molecular weight is 456 g/mol. The van der Waals surface area contributed by atoms with Crippen LogP contribution >= 0.6 is 0 Å². The van der Waals surface area contributed by atoms with Gasteiger partial charge in [-0.25, -0.2) is 4.79 Å². The van der Waals surface area contributed by atoms with Gasteiger partial charge in [0.05, 0.1) is 24.7 Å². The number of nitrogens with zero attached hydrogens (tertiary/aromatic N) is 2. The Morgan fingerprint density at radius 2 is 1.91 bits per heavy atom. The first-order valence-corrected chi connectivity index (χ1v) is 11.0. The van der Waals surface area contributed by atoms with E-state index in [0.717, 1.165) is 25.9 Å². The Kier molecular flexibility index (Phi) is 7.83. The third kappa shape index (κ3) is 5.22. The predicted octanol–water partition coefficient (Wildman–Crippen LogP) is 2.73. The lowest BCUT2D eigenvalue weighted by atomic mass is 9.83. The molecule has 2 aliphatic rings. The second-order valence-electron chi connectivity index (χ2n) is 7.63. The molecule has 2 heterocycles. The molecule has 1 aromatic rings. The Hall–Kier alpha value is -3.67. The number of benzene rings is 1. The van der Waals surface area contributed by atoms with Crippen LogP contribution in [0.5, 0.6) is 11.5 Å². The van der Waals surface area contributed by atoms with Gasteiger partial charge in [0.25, 0.3) is 5.91 Å². The number of hydrogen-bond donors (Lipinski definition) is 1. The number of ether oxygens (including phenoxy) is 4. The van der Waals surface area contributed by atoms with Crippen LogP contribution in [-0.4, -0.2) is 49.7 Å². The van der Waals surface area contributed by atoms with Crippen LogP contribution in [0.25, 0.3) is 0 Å². The van der Waals surface area contributed by atoms with Crippen molar-refractivity contribution in [2.45, 2.75) is 39.5 Å². The minimum atomic E-state index is -0.790. The van der Waals surface area contributed by atoms with Gasteiger partial charge < -0.3 is 29.6 Å². The Morgan fingerprint density at radius 1 is 1.18 bits per heavy atom. The summed E-state index contributed by atoms with van der Waals surface area (Å²) in [5, 5.41) is 9.74. The van der Waals surface area contributed by atoms with Gasteiger partial charge in [-0.1, -0.05) is 6.07 Å². The summed E-state index contributed by atoms with van der Waals surface area (Å²) in [7, 11) is 0. The van der Waals surface area contributed by atoms with Crippen LogP contribution in [0.3, 0.4) is 0 Å². The number of hydrogen-bond acceptors (Lipinski definition) is 8. The molecule has 1 amide bonds. The molecule has 0 spiro atoms. The number of likely N-dealkylation sites (tertiary alicyclic amines) is 1. The van der Waals surface area contributed by atoms with E-state index in [4.69, 9.17) is 24.7 Å². The van der Waals surface area contributed by atoms with E-state index < -0.39 is 11.9 Å². The molecule has 9 nitrogen and oxygen atoms in total. The van der Waals surface area contributed by atoms with E-state index in [1.807, 2.05) is 6.92 Å². The van der Waals surface area contributed by atoms with Gasteiger partial charge in [-0.3, -0.25) is 4.79 Å². The van der Waals surface area contributed by atoms with Gasteiger partial charge in [0.1, 0.15) is 17.4 Å². The van der Waals surface area contributed by atoms with Crippen LogP contribution in [0.1, 0.15) is 45.1 Å². The normalized spacial score (nSPS) is 18.0. The molecular formula is C24H29N3O6. The van der Waals surface area contributed by atoms with Crippen molar-refractivity contribution in [1.29, 1.82) is 5.26 Å². The highest BCUT2D eigenvalue weighted by molar-refractivity contribution is 5.92. The second-order valence-corrected chi connectivity index (χ2v) is 7.63. The van der Waals surface area contributed by atoms with Crippen molar-refractivity contribution < 1.29 is 28.5 Å². The maximum atomic E-state index is 12.7. The number of esters is 1. The molecule has 1 unspecified atom stereocenters. The zero-order valence-electron chi connectivity index (χ0n) is 19.2. The summed E-state index contributed by atoms with van der Waals surface area (Å²) >= 11 is 0.